The third kappa shape index (κ3) is 5.00. The Bertz CT molecular complexity index is 1110. The molecule has 1 atom stereocenters. The lowest BCUT2D eigenvalue weighted by Gasteiger charge is -2.21. The zero-order valence-electron chi connectivity index (χ0n) is 15.0. The van der Waals surface area contributed by atoms with Gasteiger partial charge in [0.05, 0.1) is 17.6 Å². The molecule has 0 saturated carbocycles. The van der Waals surface area contributed by atoms with E-state index in [9.17, 15) is 18.9 Å². The van der Waals surface area contributed by atoms with Gasteiger partial charge in [0.15, 0.2) is 0 Å². The Balaban J connectivity index is 2.06. The molecule has 1 unspecified atom stereocenters. The maximum absolute atomic E-state index is 13.7. The van der Waals surface area contributed by atoms with E-state index in [0.29, 0.717) is 24.3 Å². The minimum Gasteiger partial charge on any atom is -0.477 e. The lowest BCUT2D eigenvalue weighted by Crippen LogP contribution is -2.18. The maximum atomic E-state index is 13.7. The van der Waals surface area contributed by atoms with E-state index in [0.717, 1.165) is 11.3 Å². The molecule has 0 aliphatic heterocycles. The van der Waals surface area contributed by atoms with Gasteiger partial charge in [0.2, 0.25) is 0 Å². The van der Waals surface area contributed by atoms with Crippen LogP contribution in [0.1, 0.15) is 16.6 Å². The Morgan fingerprint density at radius 2 is 1.97 bits per heavy atom. The molecule has 0 amide bonds. The van der Waals surface area contributed by atoms with Gasteiger partial charge in [0.1, 0.15) is 10.7 Å². The van der Waals surface area contributed by atoms with Gasteiger partial charge >= 0.3 is 13.5 Å². The van der Waals surface area contributed by atoms with Crippen LogP contribution in [0.2, 0.25) is 5.02 Å². The number of thiophene rings is 1. The van der Waals surface area contributed by atoms with Crippen molar-refractivity contribution in [1.29, 1.82) is 0 Å². The molecule has 3 rings (SSSR count). The molecule has 0 aliphatic rings. The second kappa shape index (κ2) is 9.14. The normalized spacial score (nSPS) is 13.1. The van der Waals surface area contributed by atoms with E-state index < -0.39 is 13.5 Å². The summed E-state index contributed by atoms with van der Waals surface area (Å²) < 4.78 is 33.1. The van der Waals surface area contributed by atoms with E-state index in [-0.39, 0.29) is 23.0 Å². The second-order valence-electron chi connectivity index (χ2n) is 5.84. The van der Waals surface area contributed by atoms with Crippen molar-refractivity contribution >= 4 is 70.0 Å². The quantitative estimate of drug-likeness (QED) is 0.253. The van der Waals surface area contributed by atoms with Gasteiger partial charge in [-0.05, 0) is 71.5 Å². The molecule has 1 heterocycles. The van der Waals surface area contributed by atoms with Crippen molar-refractivity contribution in [1.82, 2.24) is 0 Å². The number of carboxylic acid groups (broad SMARTS) is 1. The first-order valence-electron chi connectivity index (χ1n) is 8.35. The third-order valence-electron chi connectivity index (χ3n) is 3.86. The second-order valence-corrected chi connectivity index (χ2v) is 10.6. The first-order chi connectivity index (χ1) is 13.7. The van der Waals surface area contributed by atoms with Gasteiger partial charge < -0.3 is 14.7 Å². The summed E-state index contributed by atoms with van der Waals surface area (Å²) >= 11 is 9.01. The van der Waals surface area contributed by atoms with Crippen molar-refractivity contribution in [2.45, 2.75) is 6.92 Å². The van der Waals surface area contributed by atoms with E-state index >= 15 is 0 Å². The highest BCUT2D eigenvalue weighted by Crippen LogP contribution is 2.49. The Hall–Kier alpha value is -1.45. The summed E-state index contributed by atoms with van der Waals surface area (Å²) in [5.74, 6) is -1.56. The minimum absolute atomic E-state index is 0.0202. The molecule has 5 nitrogen and oxygen atoms in total. The van der Waals surface area contributed by atoms with E-state index in [1.807, 2.05) is 22.6 Å². The molecule has 0 spiro atoms. The van der Waals surface area contributed by atoms with Gasteiger partial charge in [0, 0.05) is 13.5 Å². The molecule has 3 aromatic rings. The van der Waals surface area contributed by atoms with Crippen LogP contribution < -0.4 is 10.4 Å². The van der Waals surface area contributed by atoms with Crippen molar-refractivity contribution in [3.63, 3.8) is 0 Å². The van der Waals surface area contributed by atoms with Crippen LogP contribution in [-0.2, 0) is 9.09 Å². The van der Waals surface area contributed by atoms with Crippen LogP contribution in [0.3, 0.4) is 0 Å². The fourth-order valence-corrected chi connectivity index (χ4v) is 7.27. The van der Waals surface area contributed by atoms with Crippen LogP contribution >= 0.6 is 53.0 Å². The van der Waals surface area contributed by atoms with Gasteiger partial charge in [-0.25, -0.2) is 9.18 Å². The number of nitrogens with one attached hydrogen (secondary N) is 1. The van der Waals surface area contributed by atoms with Crippen LogP contribution in [0, 0.1) is 9.39 Å². The highest BCUT2D eigenvalue weighted by atomic mass is 127. The standard InChI is InChI=1S/C19H15ClFINO4PS/c1-2-27-28(26,16-8-5-12(20)9-14(16)22)23-15-10-17(29-18(15)19(24)25)11-3-6-13(21)7-4-11/h3-10H,2H2,1H3,(H,23,26)(H,24,25). The Kier molecular flexibility index (Phi) is 7.01. The van der Waals surface area contributed by atoms with Crippen molar-refractivity contribution in [2.24, 2.45) is 0 Å². The molecule has 0 bridgehead atoms. The zero-order chi connectivity index (χ0) is 21.2. The average molecular weight is 566 g/mol. The van der Waals surface area contributed by atoms with Crippen LogP contribution in [-0.4, -0.2) is 17.7 Å². The summed E-state index contributed by atoms with van der Waals surface area (Å²) in [6, 6.07) is 12.1. The SMILES string of the molecule is CCOP(=O)(Nc1cc(-c2ccc(F)cc2)sc1C(=O)O)c1ccc(Cl)cc1I. The first kappa shape index (κ1) is 22.2. The molecule has 10 heteroatoms. The van der Waals surface area contributed by atoms with Crippen molar-refractivity contribution in [3.8, 4) is 10.4 Å². The number of hydrogen-bond donors (Lipinski definition) is 2. The first-order valence-corrected chi connectivity index (χ1v) is 12.2. The molecule has 0 radical (unpaired) electrons. The summed E-state index contributed by atoms with van der Waals surface area (Å²) in [4.78, 5) is 12.3. The topological polar surface area (TPSA) is 75.6 Å². The number of anilines is 1. The predicted molar refractivity (Wildman–Crippen MR) is 123 cm³/mol. The maximum Gasteiger partial charge on any atom is 0.348 e. The molecule has 152 valence electrons. The molecule has 2 N–H and O–H groups in total. The lowest BCUT2D eigenvalue weighted by atomic mass is 10.2. The van der Waals surface area contributed by atoms with E-state index in [1.54, 1.807) is 43.3 Å². The molecular weight excluding hydrogens is 551 g/mol. The monoisotopic (exact) mass is 565 g/mol. The predicted octanol–water partition coefficient (Wildman–Crippen LogP) is 6.48. The molecule has 1 aromatic heterocycles. The van der Waals surface area contributed by atoms with Gasteiger partial charge in [-0.3, -0.25) is 4.57 Å². The largest absolute Gasteiger partial charge is 0.477 e. The molecule has 2 aromatic carbocycles. The summed E-state index contributed by atoms with van der Waals surface area (Å²) in [5, 5.41) is 13.3. The van der Waals surface area contributed by atoms with E-state index in [1.165, 1.54) is 12.1 Å². The van der Waals surface area contributed by atoms with Gasteiger partial charge in [-0.1, -0.05) is 23.7 Å². The molecular formula is C19H15ClFINO4PS. The number of halogens is 3. The van der Waals surface area contributed by atoms with Crippen molar-refractivity contribution in [3.05, 3.63) is 67.8 Å². The number of benzene rings is 2. The Morgan fingerprint density at radius 1 is 1.28 bits per heavy atom. The summed E-state index contributed by atoms with van der Waals surface area (Å²) in [6.45, 7) is 1.85. The molecule has 0 saturated heterocycles. The fourth-order valence-electron chi connectivity index (χ4n) is 2.61. The minimum atomic E-state index is -3.64. The zero-order valence-corrected chi connectivity index (χ0v) is 19.6. The van der Waals surface area contributed by atoms with Crippen molar-refractivity contribution < 1.29 is 23.4 Å². The third-order valence-corrected chi connectivity index (χ3v) is 8.77. The summed E-state index contributed by atoms with van der Waals surface area (Å²) in [6.07, 6.45) is 0. The molecule has 0 aliphatic carbocycles. The van der Waals surface area contributed by atoms with Gasteiger partial charge in [0.25, 0.3) is 0 Å². The van der Waals surface area contributed by atoms with Crippen LogP contribution in [0.5, 0.6) is 0 Å². The molecule has 0 fully saturated rings. The summed E-state index contributed by atoms with van der Waals surface area (Å²) in [7, 11) is -3.64. The number of carbonyl (C=O) groups is 1. The van der Waals surface area contributed by atoms with Crippen LogP contribution in [0.15, 0.2) is 48.5 Å². The molecule has 29 heavy (non-hydrogen) atoms. The van der Waals surface area contributed by atoms with E-state index in [4.69, 9.17) is 16.1 Å². The smallest absolute Gasteiger partial charge is 0.348 e. The van der Waals surface area contributed by atoms with Gasteiger partial charge in [-0.2, -0.15) is 0 Å². The number of rotatable bonds is 7. The number of carboxylic acids is 1. The van der Waals surface area contributed by atoms with Crippen LogP contribution in [0.25, 0.3) is 10.4 Å². The lowest BCUT2D eigenvalue weighted by molar-refractivity contribution is 0.0703. The highest BCUT2D eigenvalue weighted by molar-refractivity contribution is 14.1. The number of hydrogen-bond acceptors (Lipinski definition) is 4. The summed E-state index contributed by atoms with van der Waals surface area (Å²) in [5.41, 5.74) is 0.823. The Labute approximate surface area is 189 Å². The van der Waals surface area contributed by atoms with Crippen LogP contribution in [0.4, 0.5) is 10.1 Å². The van der Waals surface area contributed by atoms with Crippen molar-refractivity contribution in [2.75, 3.05) is 11.7 Å². The Morgan fingerprint density at radius 3 is 2.55 bits per heavy atom. The highest BCUT2D eigenvalue weighted by Gasteiger charge is 2.31. The van der Waals surface area contributed by atoms with E-state index in [2.05, 4.69) is 5.09 Å². The number of aromatic carboxylic acids is 1. The van der Waals surface area contributed by atoms with Gasteiger partial charge in [-0.15, -0.1) is 11.3 Å². The average Bonchev–Trinajstić information content (AvgIpc) is 3.06. The fraction of sp³-hybridized carbons (Fsp3) is 0.105.